The number of benzene rings is 1. The second kappa shape index (κ2) is 7.79. The van der Waals surface area contributed by atoms with Gasteiger partial charge < -0.3 is 0 Å². The summed E-state index contributed by atoms with van der Waals surface area (Å²) in [7, 11) is -1.61. The molecule has 0 aliphatic carbocycles. The van der Waals surface area contributed by atoms with Crippen LogP contribution in [0.25, 0.3) is 10.9 Å². The summed E-state index contributed by atoms with van der Waals surface area (Å²) in [6.07, 6.45) is 2.77. The van der Waals surface area contributed by atoms with Gasteiger partial charge >= 0.3 is 0 Å². The molecule has 0 fully saturated rings. The van der Waals surface area contributed by atoms with Crippen LogP contribution in [0.5, 0.6) is 0 Å². The topological polar surface area (TPSA) is 58.3 Å². The first-order valence-corrected chi connectivity index (χ1v) is 7.48. The third kappa shape index (κ3) is 6.98. The number of aryl methyl sites for hydroxylation is 1. The average Bonchev–Trinajstić information content (AvgIpc) is 2.30. The zero-order valence-corrected chi connectivity index (χ0v) is 12.0. The van der Waals surface area contributed by atoms with E-state index in [1.807, 2.05) is 13.8 Å². The number of pyridine rings is 1. The minimum Gasteiger partial charge on any atom is -0.286 e. The van der Waals surface area contributed by atoms with Crippen molar-refractivity contribution in [2.75, 3.05) is 6.26 Å². The third-order valence-corrected chi connectivity index (χ3v) is 1.90. The van der Waals surface area contributed by atoms with Crippen LogP contribution in [-0.4, -0.2) is 19.2 Å². The van der Waals surface area contributed by atoms with Crippen molar-refractivity contribution >= 4 is 21.0 Å². The Hall–Kier alpha value is -1.46. The van der Waals surface area contributed by atoms with Crippen molar-refractivity contribution < 1.29 is 17.5 Å². The molecule has 0 bridgehead atoms. The van der Waals surface area contributed by atoms with Crippen molar-refractivity contribution in [1.29, 1.82) is 0 Å². The molecule has 0 saturated carbocycles. The van der Waals surface area contributed by atoms with Crippen LogP contribution >= 0.6 is 0 Å². The van der Waals surface area contributed by atoms with Gasteiger partial charge in [0.25, 0.3) is 10.1 Å². The van der Waals surface area contributed by atoms with Crippen molar-refractivity contribution in [3.63, 3.8) is 0 Å². The van der Waals surface area contributed by atoms with Crippen molar-refractivity contribution in [3.05, 3.63) is 42.6 Å². The van der Waals surface area contributed by atoms with Gasteiger partial charge in [-0.3, -0.25) is 4.55 Å². The number of hydrogen-bond acceptors (Lipinski definition) is 2. The van der Waals surface area contributed by atoms with Crippen molar-refractivity contribution in [2.24, 2.45) is 7.05 Å². The molecule has 4 nitrogen and oxygen atoms in total. The van der Waals surface area contributed by atoms with Crippen LogP contribution < -0.4 is 4.57 Å². The third-order valence-electron chi connectivity index (χ3n) is 1.90. The van der Waals surface area contributed by atoms with Crippen LogP contribution in [-0.2, 0) is 17.2 Å². The zero-order chi connectivity index (χ0) is 14.2. The Morgan fingerprint density at radius 1 is 1.06 bits per heavy atom. The summed E-state index contributed by atoms with van der Waals surface area (Å²) in [6.45, 7) is 4.00. The summed E-state index contributed by atoms with van der Waals surface area (Å²) in [5.74, 6) is 0. The van der Waals surface area contributed by atoms with E-state index >= 15 is 0 Å². The molecule has 2 rings (SSSR count). The first-order valence-electron chi connectivity index (χ1n) is 5.64. The van der Waals surface area contributed by atoms with Gasteiger partial charge in [0.05, 0.1) is 6.26 Å². The van der Waals surface area contributed by atoms with E-state index in [0.717, 1.165) is 0 Å². The lowest BCUT2D eigenvalue weighted by atomic mass is 10.2. The number of fused-ring (bicyclic) bond motifs is 1. The van der Waals surface area contributed by atoms with Gasteiger partial charge in [-0.1, -0.05) is 26.0 Å². The van der Waals surface area contributed by atoms with Crippen LogP contribution in [0.3, 0.4) is 0 Å². The Morgan fingerprint density at radius 2 is 1.50 bits per heavy atom. The molecule has 100 valence electrons. The minimum atomic E-state index is -3.67. The number of nitrogens with zero attached hydrogens (tertiary/aromatic N) is 1. The van der Waals surface area contributed by atoms with E-state index in [-0.39, 0.29) is 0 Å². The van der Waals surface area contributed by atoms with E-state index < -0.39 is 10.1 Å². The normalized spacial score (nSPS) is 9.83. The number of rotatable bonds is 0. The molecular weight excluding hydrogens is 250 g/mol. The first kappa shape index (κ1) is 16.5. The van der Waals surface area contributed by atoms with E-state index in [1.165, 1.54) is 10.9 Å². The highest BCUT2D eigenvalue weighted by Crippen LogP contribution is 2.06. The number of para-hydroxylation sites is 1. The maximum atomic E-state index is 9.19. The molecule has 1 heterocycles. The Labute approximate surface area is 109 Å². The molecule has 1 aromatic carbocycles. The largest absolute Gasteiger partial charge is 0.286 e. The van der Waals surface area contributed by atoms with Crippen molar-refractivity contribution in [2.45, 2.75) is 13.8 Å². The molecule has 0 atom stereocenters. The summed E-state index contributed by atoms with van der Waals surface area (Å²) in [6, 6.07) is 12.5. The van der Waals surface area contributed by atoms with Crippen LogP contribution in [0, 0.1) is 0 Å². The fraction of sp³-hybridized carbons (Fsp3) is 0.308. The fourth-order valence-corrected chi connectivity index (χ4v) is 1.31. The highest BCUT2D eigenvalue weighted by atomic mass is 32.2. The Kier molecular flexibility index (Phi) is 7.16. The Balaban J connectivity index is 0.000000354. The molecule has 0 saturated heterocycles. The molecule has 0 radical (unpaired) electrons. The fourth-order valence-electron chi connectivity index (χ4n) is 1.31. The van der Waals surface area contributed by atoms with Gasteiger partial charge in [0, 0.05) is 17.5 Å². The molecular formula is C13H20NO3S+. The highest BCUT2D eigenvalue weighted by molar-refractivity contribution is 7.85. The summed E-state index contributed by atoms with van der Waals surface area (Å²) in [5, 5.41) is 1.29. The summed E-state index contributed by atoms with van der Waals surface area (Å²) in [4.78, 5) is 0. The molecule has 1 N–H and O–H groups in total. The quantitative estimate of drug-likeness (QED) is 0.590. The van der Waals surface area contributed by atoms with Gasteiger partial charge in [-0.05, 0) is 12.1 Å². The van der Waals surface area contributed by atoms with Gasteiger partial charge in [0.2, 0.25) is 5.52 Å². The van der Waals surface area contributed by atoms with E-state index in [4.69, 9.17) is 4.55 Å². The molecule has 0 unspecified atom stereocenters. The van der Waals surface area contributed by atoms with Crippen LogP contribution in [0.4, 0.5) is 0 Å². The molecule has 5 heteroatoms. The molecule has 0 aliphatic rings. The predicted molar refractivity (Wildman–Crippen MR) is 73.9 cm³/mol. The molecule has 2 aromatic rings. The summed E-state index contributed by atoms with van der Waals surface area (Å²) >= 11 is 0. The minimum absolute atomic E-state index is 0.715. The Bertz CT molecular complexity index is 566. The second-order valence-electron chi connectivity index (χ2n) is 3.41. The number of aromatic nitrogens is 1. The highest BCUT2D eigenvalue weighted by Gasteiger charge is 1.99. The van der Waals surface area contributed by atoms with E-state index in [9.17, 15) is 8.42 Å². The maximum absolute atomic E-state index is 9.19. The second-order valence-corrected chi connectivity index (χ2v) is 4.88. The van der Waals surface area contributed by atoms with Gasteiger partial charge in [-0.15, -0.1) is 0 Å². The monoisotopic (exact) mass is 270 g/mol. The first-order chi connectivity index (χ1) is 8.38. The van der Waals surface area contributed by atoms with Gasteiger partial charge in [-0.25, -0.2) is 4.57 Å². The SMILES string of the molecule is CC.CS(=O)(=O)O.C[n+]1cccc2ccccc21. The molecule has 18 heavy (non-hydrogen) atoms. The average molecular weight is 270 g/mol. The summed E-state index contributed by atoms with van der Waals surface area (Å²) in [5.41, 5.74) is 1.27. The molecule has 1 aromatic heterocycles. The number of hydrogen-bond donors (Lipinski definition) is 1. The van der Waals surface area contributed by atoms with Gasteiger partial charge in [0.1, 0.15) is 7.05 Å². The van der Waals surface area contributed by atoms with Crippen LogP contribution in [0.2, 0.25) is 0 Å². The lowest BCUT2D eigenvalue weighted by Gasteiger charge is -1.93. The smallest absolute Gasteiger partial charge is 0.261 e. The van der Waals surface area contributed by atoms with Crippen LogP contribution in [0.1, 0.15) is 13.8 Å². The standard InChI is InChI=1S/C10H10N.C2H6.CH4O3S/c1-11-8-4-6-9-5-2-3-7-10(9)11;1-2;1-5(2,3)4/h2-8H,1H3;1-2H3;1H3,(H,2,3,4)/q+1;;. The van der Waals surface area contributed by atoms with E-state index in [1.54, 1.807) is 0 Å². The van der Waals surface area contributed by atoms with Crippen molar-refractivity contribution in [3.8, 4) is 0 Å². The molecule has 0 aliphatic heterocycles. The van der Waals surface area contributed by atoms with Crippen molar-refractivity contribution in [1.82, 2.24) is 0 Å². The van der Waals surface area contributed by atoms with Crippen LogP contribution in [0.15, 0.2) is 42.6 Å². The predicted octanol–water partition coefficient (Wildman–Crippen LogP) is 2.19. The van der Waals surface area contributed by atoms with E-state index in [0.29, 0.717) is 6.26 Å². The Morgan fingerprint density at radius 3 is 2.00 bits per heavy atom. The lowest BCUT2D eigenvalue weighted by molar-refractivity contribution is -0.644. The van der Waals surface area contributed by atoms with Gasteiger partial charge in [0.15, 0.2) is 6.20 Å². The lowest BCUT2D eigenvalue weighted by Crippen LogP contribution is -2.27. The maximum Gasteiger partial charge on any atom is 0.261 e. The zero-order valence-electron chi connectivity index (χ0n) is 11.2. The summed E-state index contributed by atoms with van der Waals surface area (Å²) < 4.78 is 28.0. The molecule has 0 amide bonds. The molecule has 0 spiro atoms. The van der Waals surface area contributed by atoms with E-state index in [2.05, 4.69) is 54.2 Å². The van der Waals surface area contributed by atoms with Gasteiger partial charge in [-0.2, -0.15) is 8.42 Å².